The number of thiocarbonyl (C=S) groups is 1. The highest BCUT2D eigenvalue weighted by Gasteiger charge is 2.38. The molecule has 1 aromatic carbocycles. The van der Waals surface area contributed by atoms with Gasteiger partial charge in [0.25, 0.3) is 5.91 Å². The first kappa shape index (κ1) is 15.5. The lowest BCUT2D eigenvalue weighted by Gasteiger charge is -2.40. The van der Waals surface area contributed by atoms with E-state index in [9.17, 15) is 15.0 Å². The first-order valence-electron chi connectivity index (χ1n) is 6.67. The van der Waals surface area contributed by atoms with E-state index < -0.39 is 5.54 Å². The molecule has 1 saturated heterocycles. The molecule has 0 radical (unpaired) electrons. The van der Waals surface area contributed by atoms with E-state index in [1.165, 1.54) is 18.2 Å². The predicted octanol–water partition coefficient (Wildman–Crippen LogP) is 0.578. The van der Waals surface area contributed by atoms with Gasteiger partial charge in [-0.15, -0.1) is 0 Å². The van der Waals surface area contributed by atoms with Crippen LogP contribution < -0.4 is 11.1 Å². The topological polar surface area (TPSA) is 98.8 Å². The SMILES string of the molecule is CN1CCC(NC(=O)c2ccc(O)c(O)c2)(C(N)=S)CC1. The molecule has 1 heterocycles. The minimum atomic E-state index is -0.702. The van der Waals surface area contributed by atoms with Crippen LogP contribution >= 0.6 is 12.2 Å². The van der Waals surface area contributed by atoms with Gasteiger partial charge in [-0.25, -0.2) is 0 Å². The highest BCUT2D eigenvalue weighted by atomic mass is 32.1. The van der Waals surface area contributed by atoms with Crippen molar-refractivity contribution >= 4 is 23.1 Å². The normalized spacial score (nSPS) is 18.1. The zero-order valence-corrected chi connectivity index (χ0v) is 12.6. The molecule has 0 bridgehead atoms. The molecule has 0 aromatic heterocycles. The third-order valence-electron chi connectivity index (χ3n) is 3.90. The summed E-state index contributed by atoms with van der Waals surface area (Å²) in [6, 6.07) is 3.92. The lowest BCUT2D eigenvalue weighted by molar-refractivity contribution is 0.0890. The van der Waals surface area contributed by atoms with E-state index >= 15 is 0 Å². The van der Waals surface area contributed by atoms with Gasteiger partial charge in [-0.05, 0) is 38.1 Å². The van der Waals surface area contributed by atoms with Crippen LogP contribution in [-0.4, -0.2) is 51.7 Å². The molecular weight excluding hydrogens is 290 g/mol. The number of phenolic OH excluding ortho intramolecular Hbond substituents is 2. The molecule has 0 atom stereocenters. The van der Waals surface area contributed by atoms with E-state index in [4.69, 9.17) is 18.0 Å². The van der Waals surface area contributed by atoms with Gasteiger partial charge in [0, 0.05) is 18.7 Å². The predicted molar refractivity (Wildman–Crippen MR) is 83.5 cm³/mol. The molecule has 2 rings (SSSR count). The van der Waals surface area contributed by atoms with Crippen molar-refractivity contribution in [3.8, 4) is 11.5 Å². The average Bonchev–Trinajstić information content (AvgIpc) is 2.44. The Morgan fingerprint density at radius 1 is 1.33 bits per heavy atom. The summed E-state index contributed by atoms with van der Waals surface area (Å²) in [5, 5.41) is 21.7. The standard InChI is InChI=1S/C14H19N3O3S/c1-17-6-4-14(5-7-17,13(15)21)16-12(20)9-2-3-10(18)11(19)8-9/h2-3,8,18-19H,4-7H2,1H3,(H2,15,21)(H,16,20). The number of carbonyl (C=O) groups is 1. The fourth-order valence-electron chi connectivity index (χ4n) is 2.39. The van der Waals surface area contributed by atoms with Crippen LogP contribution in [0.5, 0.6) is 11.5 Å². The van der Waals surface area contributed by atoms with Crippen molar-refractivity contribution in [2.75, 3.05) is 20.1 Å². The van der Waals surface area contributed by atoms with Crippen LogP contribution in [0, 0.1) is 0 Å². The van der Waals surface area contributed by atoms with Gasteiger partial charge in [-0.2, -0.15) is 0 Å². The van der Waals surface area contributed by atoms with Crippen molar-refractivity contribution in [2.45, 2.75) is 18.4 Å². The van der Waals surface area contributed by atoms with Crippen LogP contribution in [0.3, 0.4) is 0 Å². The van der Waals surface area contributed by atoms with E-state index in [1.807, 2.05) is 7.05 Å². The number of hydrogen-bond acceptors (Lipinski definition) is 5. The quantitative estimate of drug-likeness (QED) is 0.481. The number of carbonyl (C=O) groups excluding carboxylic acids is 1. The molecule has 0 spiro atoms. The Labute approximate surface area is 128 Å². The van der Waals surface area contributed by atoms with Gasteiger partial charge in [0.15, 0.2) is 11.5 Å². The second-order valence-electron chi connectivity index (χ2n) is 5.41. The van der Waals surface area contributed by atoms with Crippen molar-refractivity contribution < 1.29 is 15.0 Å². The number of nitrogens with one attached hydrogen (secondary N) is 1. The van der Waals surface area contributed by atoms with Crippen LogP contribution in [0.1, 0.15) is 23.2 Å². The van der Waals surface area contributed by atoms with Crippen LogP contribution in [-0.2, 0) is 0 Å². The number of phenols is 2. The first-order valence-corrected chi connectivity index (χ1v) is 7.08. The fraction of sp³-hybridized carbons (Fsp3) is 0.429. The summed E-state index contributed by atoms with van der Waals surface area (Å²) >= 11 is 5.14. The zero-order chi connectivity index (χ0) is 15.6. The molecule has 114 valence electrons. The number of piperidine rings is 1. The summed E-state index contributed by atoms with van der Waals surface area (Å²) in [6.07, 6.45) is 1.29. The largest absolute Gasteiger partial charge is 0.504 e. The molecule has 0 unspecified atom stereocenters. The minimum Gasteiger partial charge on any atom is -0.504 e. The molecular formula is C14H19N3O3S. The molecule has 1 fully saturated rings. The van der Waals surface area contributed by atoms with E-state index in [0.29, 0.717) is 12.8 Å². The summed E-state index contributed by atoms with van der Waals surface area (Å²) in [6.45, 7) is 1.58. The summed E-state index contributed by atoms with van der Waals surface area (Å²) in [5.74, 6) is -0.979. The lowest BCUT2D eigenvalue weighted by Crippen LogP contribution is -2.61. The smallest absolute Gasteiger partial charge is 0.252 e. The molecule has 0 saturated carbocycles. The maximum Gasteiger partial charge on any atom is 0.252 e. The molecule has 0 aliphatic carbocycles. The number of amides is 1. The maximum atomic E-state index is 12.3. The second-order valence-corrected chi connectivity index (χ2v) is 5.85. The Hall–Kier alpha value is -1.86. The van der Waals surface area contributed by atoms with Crippen molar-refractivity contribution in [3.63, 3.8) is 0 Å². The highest BCUT2D eigenvalue weighted by molar-refractivity contribution is 7.80. The summed E-state index contributed by atoms with van der Waals surface area (Å²) in [5.41, 5.74) is 5.38. The van der Waals surface area contributed by atoms with Gasteiger partial charge in [-0.1, -0.05) is 12.2 Å². The Morgan fingerprint density at radius 2 is 1.95 bits per heavy atom. The van der Waals surface area contributed by atoms with Crippen molar-refractivity contribution in [1.29, 1.82) is 0 Å². The second kappa shape index (κ2) is 5.87. The summed E-state index contributed by atoms with van der Waals surface area (Å²) in [4.78, 5) is 14.8. The molecule has 1 aliphatic rings. The van der Waals surface area contributed by atoms with Gasteiger partial charge >= 0.3 is 0 Å². The Balaban J connectivity index is 2.19. The summed E-state index contributed by atoms with van der Waals surface area (Å²) < 4.78 is 0. The molecule has 7 heteroatoms. The minimum absolute atomic E-state index is 0.250. The monoisotopic (exact) mass is 309 g/mol. The van der Waals surface area contributed by atoms with E-state index in [2.05, 4.69) is 10.2 Å². The third-order valence-corrected chi connectivity index (χ3v) is 4.29. The maximum absolute atomic E-state index is 12.3. The molecule has 1 aliphatic heterocycles. The van der Waals surface area contributed by atoms with Crippen LogP contribution in [0.4, 0.5) is 0 Å². The molecule has 21 heavy (non-hydrogen) atoms. The lowest BCUT2D eigenvalue weighted by atomic mass is 9.87. The van der Waals surface area contributed by atoms with Gasteiger partial charge in [-0.3, -0.25) is 4.79 Å². The van der Waals surface area contributed by atoms with Crippen LogP contribution in [0.2, 0.25) is 0 Å². The number of nitrogens with zero attached hydrogens (tertiary/aromatic N) is 1. The van der Waals surface area contributed by atoms with Crippen molar-refractivity contribution in [2.24, 2.45) is 5.73 Å². The molecule has 1 aromatic rings. The number of benzene rings is 1. The number of nitrogens with two attached hydrogens (primary N) is 1. The van der Waals surface area contributed by atoms with E-state index in [1.54, 1.807) is 0 Å². The number of likely N-dealkylation sites (tertiary alicyclic amines) is 1. The zero-order valence-electron chi connectivity index (χ0n) is 11.8. The van der Waals surface area contributed by atoms with E-state index in [0.717, 1.165) is 13.1 Å². The Bertz CT molecular complexity index is 569. The number of rotatable bonds is 3. The Morgan fingerprint density at radius 3 is 2.48 bits per heavy atom. The fourth-order valence-corrected chi connectivity index (χ4v) is 2.64. The third kappa shape index (κ3) is 3.25. The first-order chi connectivity index (χ1) is 9.84. The average molecular weight is 309 g/mol. The van der Waals surface area contributed by atoms with Crippen LogP contribution in [0.15, 0.2) is 18.2 Å². The number of hydrogen-bond donors (Lipinski definition) is 4. The van der Waals surface area contributed by atoms with Crippen molar-refractivity contribution in [1.82, 2.24) is 10.2 Å². The van der Waals surface area contributed by atoms with Gasteiger partial charge in [0.2, 0.25) is 0 Å². The van der Waals surface area contributed by atoms with Gasteiger partial charge < -0.3 is 26.2 Å². The molecule has 1 amide bonds. The van der Waals surface area contributed by atoms with Gasteiger partial charge in [0.05, 0.1) is 10.5 Å². The van der Waals surface area contributed by atoms with E-state index in [-0.39, 0.29) is 28.0 Å². The molecule has 6 nitrogen and oxygen atoms in total. The molecule has 5 N–H and O–H groups in total. The van der Waals surface area contributed by atoms with Crippen LogP contribution in [0.25, 0.3) is 0 Å². The number of aromatic hydroxyl groups is 2. The van der Waals surface area contributed by atoms with Gasteiger partial charge in [0.1, 0.15) is 0 Å². The Kier molecular flexibility index (Phi) is 4.34. The summed E-state index contributed by atoms with van der Waals surface area (Å²) in [7, 11) is 2.00. The highest BCUT2D eigenvalue weighted by Crippen LogP contribution is 2.26. The van der Waals surface area contributed by atoms with Crippen molar-refractivity contribution in [3.05, 3.63) is 23.8 Å².